The molecule has 0 fully saturated rings. The molecular formula is C18H12ClF3N2O4. The van der Waals surface area contributed by atoms with Gasteiger partial charge in [-0.2, -0.15) is 13.2 Å². The fraction of sp³-hybridized carbons (Fsp3) is 0.167. The van der Waals surface area contributed by atoms with Gasteiger partial charge in [-0.05, 0) is 36.4 Å². The first kappa shape index (κ1) is 19.7. The molecule has 1 aliphatic heterocycles. The van der Waals surface area contributed by atoms with Gasteiger partial charge in [-0.3, -0.25) is 14.5 Å². The zero-order chi connectivity index (χ0) is 20.6. The number of rotatable bonds is 2. The number of anilines is 2. The second kappa shape index (κ2) is 7.16. The number of nitrogens with zero attached hydrogens (tertiary/aromatic N) is 1. The molecule has 1 aliphatic rings. The number of fused-ring (bicyclic) bond motifs is 1. The van der Waals surface area contributed by atoms with Gasteiger partial charge in [-0.25, -0.2) is 4.79 Å². The Bertz CT molecular complexity index is 991. The van der Waals surface area contributed by atoms with Crippen LogP contribution in [0.2, 0.25) is 5.02 Å². The van der Waals surface area contributed by atoms with E-state index in [1.807, 2.05) is 0 Å². The van der Waals surface area contributed by atoms with Crippen LogP contribution in [0.15, 0.2) is 36.4 Å². The molecule has 0 atom stereocenters. The number of carbonyl (C=O) groups excluding carboxylic acids is 3. The van der Waals surface area contributed by atoms with Crippen LogP contribution in [0.1, 0.15) is 26.3 Å². The van der Waals surface area contributed by atoms with Crippen LogP contribution >= 0.6 is 11.6 Å². The molecule has 1 heterocycles. The number of hydrogen-bond acceptors (Lipinski definition) is 4. The highest BCUT2D eigenvalue weighted by atomic mass is 35.5. The van der Waals surface area contributed by atoms with Gasteiger partial charge in [-0.1, -0.05) is 11.6 Å². The van der Waals surface area contributed by atoms with Crippen molar-refractivity contribution in [2.75, 3.05) is 23.9 Å². The number of benzene rings is 2. The second-order valence-corrected chi connectivity index (χ2v) is 6.29. The van der Waals surface area contributed by atoms with Crippen molar-refractivity contribution in [2.45, 2.75) is 6.18 Å². The Balaban J connectivity index is 2.08. The highest BCUT2D eigenvalue weighted by Gasteiger charge is 2.38. The molecule has 2 amide bonds. The van der Waals surface area contributed by atoms with Gasteiger partial charge in [0.05, 0.1) is 35.2 Å². The maximum absolute atomic E-state index is 13.3. The van der Waals surface area contributed by atoms with E-state index in [1.165, 1.54) is 25.3 Å². The molecule has 2 aromatic carbocycles. The fourth-order valence-corrected chi connectivity index (χ4v) is 2.97. The van der Waals surface area contributed by atoms with Crippen molar-refractivity contribution >= 4 is 40.8 Å². The zero-order valence-corrected chi connectivity index (χ0v) is 15.0. The quantitative estimate of drug-likeness (QED) is 0.762. The molecule has 0 bridgehead atoms. The van der Waals surface area contributed by atoms with Gasteiger partial charge in [0.25, 0.3) is 5.91 Å². The predicted molar refractivity (Wildman–Crippen MR) is 94.5 cm³/mol. The Morgan fingerprint density at radius 1 is 1.18 bits per heavy atom. The average Bonchev–Trinajstić information content (AvgIpc) is 2.64. The number of methoxy groups -OCH3 is 1. The number of hydrogen-bond donors (Lipinski definition) is 1. The van der Waals surface area contributed by atoms with E-state index in [-0.39, 0.29) is 22.0 Å². The van der Waals surface area contributed by atoms with Gasteiger partial charge in [0.2, 0.25) is 5.91 Å². The summed E-state index contributed by atoms with van der Waals surface area (Å²) >= 11 is 5.65. The molecule has 2 aromatic rings. The minimum Gasteiger partial charge on any atom is -0.465 e. The van der Waals surface area contributed by atoms with Crippen molar-refractivity contribution in [3.05, 3.63) is 58.1 Å². The molecule has 6 nitrogen and oxygen atoms in total. The lowest BCUT2D eigenvalue weighted by atomic mass is 10.0. The first-order valence-electron chi connectivity index (χ1n) is 7.82. The molecule has 28 heavy (non-hydrogen) atoms. The number of nitrogens with one attached hydrogen (secondary N) is 1. The van der Waals surface area contributed by atoms with Crippen LogP contribution in [-0.4, -0.2) is 31.4 Å². The SMILES string of the molecule is COC(=O)c1ccc2c(c1)NC(=O)CN2C(=O)c1ccc(Cl)cc1C(F)(F)F. The minimum absolute atomic E-state index is 0.107. The first-order valence-corrected chi connectivity index (χ1v) is 8.20. The standard InChI is InChI=1S/C18H12ClF3N2O4/c1-28-17(27)9-2-5-14-13(6-9)23-15(25)8-24(14)16(26)11-4-3-10(19)7-12(11)18(20,21)22/h2-7H,8H2,1H3,(H,23,25). The van der Waals surface area contributed by atoms with Crippen LogP contribution in [0.4, 0.5) is 24.5 Å². The van der Waals surface area contributed by atoms with E-state index in [1.54, 1.807) is 0 Å². The molecule has 146 valence electrons. The molecule has 0 radical (unpaired) electrons. The highest BCUT2D eigenvalue weighted by molar-refractivity contribution is 6.31. The second-order valence-electron chi connectivity index (χ2n) is 5.85. The maximum atomic E-state index is 13.3. The van der Waals surface area contributed by atoms with Crippen molar-refractivity contribution in [3.8, 4) is 0 Å². The molecule has 0 spiro atoms. The summed E-state index contributed by atoms with van der Waals surface area (Å²) < 4.78 is 44.6. The van der Waals surface area contributed by atoms with Gasteiger partial charge >= 0.3 is 12.1 Å². The molecule has 3 rings (SSSR count). The topological polar surface area (TPSA) is 75.7 Å². The lowest BCUT2D eigenvalue weighted by Crippen LogP contribution is -2.42. The largest absolute Gasteiger partial charge is 0.465 e. The molecule has 0 aliphatic carbocycles. The zero-order valence-electron chi connectivity index (χ0n) is 14.3. The van der Waals surface area contributed by atoms with E-state index in [4.69, 9.17) is 11.6 Å². The summed E-state index contributed by atoms with van der Waals surface area (Å²) in [6, 6.07) is 6.75. The Labute approximate surface area is 161 Å². The number of ether oxygens (including phenoxy) is 1. The predicted octanol–water partition coefficient (Wildman–Crippen LogP) is 3.74. The third-order valence-electron chi connectivity index (χ3n) is 4.05. The summed E-state index contributed by atoms with van der Waals surface area (Å²) in [4.78, 5) is 37.4. The molecule has 0 unspecified atom stereocenters. The molecule has 1 N–H and O–H groups in total. The normalized spacial score (nSPS) is 13.6. The summed E-state index contributed by atoms with van der Waals surface area (Å²) in [5.74, 6) is -2.31. The van der Waals surface area contributed by atoms with E-state index < -0.39 is 41.6 Å². The van der Waals surface area contributed by atoms with Crippen molar-refractivity contribution in [1.29, 1.82) is 0 Å². The third-order valence-corrected chi connectivity index (χ3v) is 4.28. The van der Waals surface area contributed by atoms with Crippen LogP contribution in [0.5, 0.6) is 0 Å². The molecular weight excluding hydrogens is 401 g/mol. The van der Waals surface area contributed by atoms with Gasteiger partial charge in [0.1, 0.15) is 6.54 Å². The summed E-state index contributed by atoms with van der Waals surface area (Å²) in [7, 11) is 1.18. The van der Waals surface area contributed by atoms with Gasteiger partial charge in [0, 0.05) is 5.02 Å². The average molecular weight is 413 g/mol. The van der Waals surface area contributed by atoms with Crippen LogP contribution in [0, 0.1) is 0 Å². The smallest absolute Gasteiger partial charge is 0.417 e. The van der Waals surface area contributed by atoms with Crippen molar-refractivity contribution in [3.63, 3.8) is 0 Å². The highest BCUT2D eigenvalue weighted by Crippen LogP contribution is 2.37. The summed E-state index contributed by atoms with van der Waals surface area (Å²) in [5.41, 5.74) is -1.48. The van der Waals surface area contributed by atoms with E-state index >= 15 is 0 Å². The number of amides is 2. The molecule has 10 heteroatoms. The van der Waals surface area contributed by atoms with Crippen molar-refractivity contribution in [1.82, 2.24) is 0 Å². The molecule has 0 saturated carbocycles. The lowest BCUT2D eigenvalue weighted by Gasteiger charge is -2.30. The number of alkyl halides is 3. The number of carbonyl (C=O) groups is 3. The van der Waals surface area contributed by atoms with Crippen molar-refractivity contribution in [2.24, 2.45) is 0 Å². The third kappa shape index (κ3) is 3.65. The van der Waals surface area contributed by atoms with Crippen LogP contribution in [0.25, 0.3) is 0 Å². The lowest BCUT2D eigenvalue weighted by molar-refractivity contribution is -0.137. The monoisotopic (exact) mass is 412 g/mol. The first-order chi connectivity index (χ1) is 13.1. The fourth-order valence-electron chi connectivity index (χ4n) is 2.80. The van der Waals surface area contributed by atoms with Crippen LogP contribution < -0.4 is 10.2 Å². The Hall–Kier alpha value is -3.07. The van der Waals surface area contributed by atoms with Crippen LogP contribution in [-0.2, 0) is 15.7 Å². The van der Waals surface area contributed by atoms with Gasteiger partial charge in [0.15, 0.2) is 0 Å². The maximum Gasteiger partial charge on any atom is 0.417 e. The summed E-state index contributed by atoms with van der Waals surface area (Å²) in [6.07, 6.45) is -4.81. The van der Waals surface area contributed by atoms with E-state index in [0.717, 1.165) is 17.0 Å². The van der Waals surface area contributed by atoms with E-state index in [9.17, 15) is 27.6 Å². The Kier molecular flexibility index (Phi) is 5.03. The number of esters is 1. The van der Waals surface area contributed by atoms with Crippen molar-refractivity contribution < 1.29 is 32.3 Å². The Morgan fingerprint density at radius 2 is 1.89 bits per heavy atom. The molecule has 0 saturated heterocycles. The minimum atomic E-state index is -4.81. The van der Waals surface area contributed by atoms with Crippen LogP contribution in [0.3, 0.4) is 0 Å². The summed E-state index contributed by atoms with van der Waals surface area (Å²) in [6.45, 7) is -0.483. The molecule has 0 aromatic heterocycles. The van der Waals surface area contributed by atoms with E-state index in [0.29, 0.717) is 6.07 Å². The Morgan fingerprint density at radius 3 is 2.54 bits per heavy atom. The number of halogens is 4. The van der Waals surface area contributed by atoms with E-state index in [2.05, 4.69) is 10.1 Å². The van der Waals surface area contributed by atoms with Gasteiger partial charge < -0.3 is 10.1 Å². The van der Waals surface area contributed by atoms with Gasteiger partial charge in [-0.15, -0.1) is 0 Å². The summed E-state index contributed by atoms with van der Waals surface area (Å²) in [5, 5.41) is 2.31.